The van der Waals surface area contributed by atoms with Crippen molar-refractivity contribution in [3.63, 3.8) is 0 Å². The number of hydrogen-bond donors (Lipinski definition) is 0. The summed E-state index contributed by atoms with van der Waals surface area (Å²) in [6, 6.07) is 78.7. The van der Waals surface area contributed by atoms with Crippen LogP contribution in [0, 0.1) is 38.4 Å². The molecule has 0 N–H and O–H groups in total. The first-order valence-corrected chi connectivity index (χ1v) is 27.5. The Hall–Kier alpha value is -7.47. The van der Waals surface area contributed by atoms with Gasteiger partial charge in [0.2, 0.25) is 0 Å². The van der Waals surface area contributed by atoms with E-state index in [2.05, 4.69) is 243 Å². The Morgan fingerprint density at radius 3 is 1.72 bits per heavy atom. The van der Waals surface area contributed by atoms with Gasteiger partial charge >= 0.3 is 311 Å². The molecule has 10 aromatic carbocycles. The number of aromatic nitrogens is 2. The van der Waals surface area contributed by atoms with Crippen LogP contribution in [-0.4, -0.2) is 9.13 Å². The van der Waals surface area contributed by atoms with Crippen LogP contribution >= 0.6 is 19.8 Å². The van der Waals surface area contributed by atoms with Gasteiger partial charge in [-0.25, -0.2) is 0 Å². The first kappa shape index (κ1) is 40.6. The molecule has 1 unspecified atom stereocenters. The number of rotatable bonds is 6. The van der Waals surface area contributed by atoms with Gasteiger partial charge in [-0.2, -0.15) is 0 Å². The molecule has 12 aromatic rings. The fraction of sp³-hybridized carbons (Fsp3) is 0.0909. The zero-order valence-corrected chi connectivity index (χ0v) is 41.3. The minimum absolute atomic E-state index is 0.328. The second-order valence-electron chi connectivity index (χ2n) is 19.3. The van der Waals surface area contributed by atoms with Gasteiger partial charge in [0, 0.05) is 5.92 Å². The fourth-order valence-corrected chi connectivity index (χ4v) is 18.5. The second kappa shape index (κ2) is 15.5. The monoisotopic (exact) mass is 996 g/mol. The van der Waals surface area contributed by atoms with Crippen molar-refractivity contribution in [1.82, 2.24) is 9.13 Å². The van der Waals surface area contributed by atoms with Gasteiger partial charge in [-0.1, -0.05) is 42.5 Å². The third kappa shape index (κ3) is 6.09. The summed E-state index contributed by atoms with van der Waals surface area (Å²) in [4.78, 5) is 0. The van der Waals surface area contributed by atoms with Gasteiger partial charge in [-0.3, -0.25) is 0 Å². The van der Waals surface area contributed by atoms with Gasteiger partial charge in [-0.05, 0) is 53.6 Å². The number of halogens is 1. The zero-order valence-electron chi connectivity index (χ0n) is 39.2. The van der Waals surface area contributed by atoms with Gasteiger partial charge in [0.25, 0.3) is 0 Å². The standard InChI is InChI=1S/C66H49IN2/c1-40-15-13-16-41(2)54(40)39-56-49-20-6-5-19-48(49)55-38-47(30-31-50(55)56)68-62-25-11-8-22-52(62)58-36-45(28-33-64(58)68)44-27-32-61-57(35-44)51-21-7-10-24-60(51)67(61)46-29-34-65-59(37-46)53-23-9-12-26-63(53)69(65)66-42(3)17-14-18-43(66)4/h5-38,56H,39H2,1-4H3. The fourth-order valence-electron chi connectivity index (χ4n) is 12.2. The van der Waals surface area contributed by atoms with E-state index in [-0.39, 0.29) is 0 Å². The molecule has 1 atom stereocenters. The number of nitrogens with zero attached hydrogens (tertiary/aromatic N) is 2. The van der Waals surface area contributed by atoms with Crippen LogP contribution in [0.15, 0.2) is 206 Å². The molecule has 2 aliphatic rings. The molecular formula is C66H49IN2. The van der Waals surface area contributed by atoms with Crippen LogP contribution in [0.3, 0.4) is 0 Å². The molecule has 14 rings (SSSR count). The van der Waals surface area contributed by atoms with Gasteiger partial charge in [-0.15, -0.1) is 0 Å². The molecule has 1 aliphatic carbocycles. The van der Waals surface area contributed by atoms with Gasteiger partial charge in [0.15, 0.2) is 0 Å². The summed E-state index contributed by atoms with van der Waals surface area (Å²) in [5.74, 6) is 0.328. The molecule has 3 heteroatoms. The van der Waals surface area contributed by atoms with E-state index in [1.165, 1.54) is 138 Å². The molecule has 0 spiro atoms. The van der Waals surface area contributed by atoms with E-state index >= 15 is 0 Å². The van der Waals surface area contributed by atoms with Gasteiger partial charge in [0.1, 0.15) is 0 Å². The summed E-state index contributed by atoms with van der Waals surface area (Å²) in [6.45, 7) is 8.99. The molecule has 0 amide bonds. The molecule has 0 bridgehead atoms. The predicted molar refractivity (Wildman–Crippen MR) is 299 cm³/mol. The first-order chi connectivity index (χ1) is 33.9. The molecular weight excluding hydrogens is 948 g/mol. The molecule has 330 valence electrons. The number of aryl methyl sites for hydroxylation is 4. The third-order valence-corrected chi connectivity index (χ3v) is 21.5. The van der Waals surface area contributed by atoms with Crippen LogP contribution < -0.4 is 0 Å². The van der Waals surface area contributed by atoms with E-state index in [0.717, 1.165) is 6.42 Å². The van der Waals surface area contributed by atoms with Crippen LogP contribution in [0.2, 0.25) is 0 Å². The molecule has 3 heterocycles. The molecule has 0 fully saturated rings. The predicted octanol–water partition coefficient (Wildman–Crippen LogP) is 17.5. The average Bonchev–Trinajstić information content (AvgIpc) is 4.09. The smallest absolute Gasteiger partial charge is 0.0321 e. The summed E-state index contributed by atoms with van der Waals surface area (Å²) >= 11 is -2.04. The van der Waals surface area contributed by atoms with Crippen molar-refractivity contribution in [3.05, 3.63) is 256 Å². The minimum Gasteiger partial charge on any atom is -0.0321 e. The molecule has 69 heavy (non-hydrogen) atoms. The normalized spacial score (nSPS) is 14.2. The molecule has 0 radical (unpaired) electrons. The van der Waals surface area contributed by atoms with Crippen LogP contribution in [-0.2, 0) is 6.42 Å². The van der Waals surface area contributed by atoms with Gasteiger partial charge < -0.3 is 0 Å². The van der Waals surface area contributed by atoms with E-state index in [1.54, 1.807) is 0 Å². The van der Waals surface area contributed by atoms with E-state index in [4.69, 9.17) is 0 Å². The van der Waals surface area contributed by atoms with Crippen molar-refractivity contribution < 1.29 is 0 Å². The summed E-state index contributed by atoms with van der Waals surface area (Å²) in [5, 5.41) is 5.20. The van der Waals surface area contributed by atoms with Crippen LogP contribution in [0.4, 0.5) is 0 Å². The number of hydrogen-bond acceptors (Lipinski definition) is 0. The van der Waals surface area contributed by atoms with Crippen molar-refractivity contribution in [2.24, 2.45) is 0 Å². The quantitative estimate of drug-likeness (QED) is 0.147. The Morgan fingerprint density at radius 1 is 0.377 bits per heavy atom. The number of fused-ring (bicyclic) bond motifs is 12. The summed E-state index contributed by atoms with van der Waals surface area (Å²) < 4.78 is 9.51. The van der Waals surface area contributed by atoms with Crippen LogP contribution in [0.1, 0.15) is 44.9 Å². The molecule has 2 nitrogen and oxygen atoms in total. The van der Waals surface area contributed by atoms with Gasteiger partial charge in [0.05, 0.1) is 0 Å². The maximum atomic E-state index is 2.54. The van der Waals surface area contributed by atoms with Crippen molar-refractivity contribution in [1.29, 1.82) is 0 Å². The third-order valence-electron chi connectivity index (χ3n) is 15.4. The van der Waals surface area contributed by atoms with E-state index < -0.39 is 19.8 Å². The Bertz CT molecular complexity index is 4080. The first-order valence-electron chi connectivity index (χ1n) is 24.2. The van der Waals surface area contributed by atoms with Crippen molar-refractivity contribution in [2.75, 3.05) is 0 Å². The van der Waals surface area contributed by atoms with E-state index in [0.29, 0.717) is 5.92 Å². The second-order valence-corrected chi connectivity index (χ2v) is 24.5. The number of benzene rings is 10. The topological polar surface area (TPSA) is 9.86 Å². The number of para-hydroxylation sites is 3. The summed E-state index contributed by atoms with van der Waals surface area (Å²) in [5.41, 5.74) is 25.2. The molecule has 2 aromatic heterocycles. The Kier molecular flexibility index (Phi) is 9.13. The van der Waals surface area contributed by atoms with Crippen molar-refractivity contribution in [3.8, 4) is 44.8 Å². The maximum absolute atomic E-state index is 2.54. The van der Waals surface area contributed by atoms with Crippen LogP contribution in [0.25, 0.3) is 88.4 Å². The zero-order chi connectivity index (χ0) is 46.1. The van der Waals surface area contributed by atoms with Crippen LogP contribution in [0.5, 0.6) is 0 Å². The molecule has 0 saturated carbocycles. The SMILES string of the molecule is Cc1cccc(C)c1CC1c2ccccc2-c2cc(-n3c4ccccc4c4cc(-c5ccc6c(c5)-c5ccccc5I6c5ccc6c(c5)c5ccccc5n6-c5c(C)cccc5C)ccc43)ccc21. The average molecular weight is 997 g/mol. The Balaban J connectivity index is 0.863. The van der Waals surface area contributed by atoms with E-state index in [9.17, 15) is 0 Å². The Morgan fingerprint density at radius 2 is 0.942 bits per heavy atom. The van der Waals surface area contributed by atoms with Crippen molar-refractivity contribution >= 4 is 63.4 Å². The summed E-state index contributed by atoms with van der Waals surface area (Å²) in [7, 11) is 0. The molecule has 1 aliphatic heterocycles. The summed E-state index contributed by atoms with van der Waals surface area (Å²) in [6.07, 6.45) is 1.01. The van der Waals surface area contributed by atoms with Crippen molar-refractivity contribution in [2.45, 2.75) is 40.0 Å². The molecule has 0 saturated heterocycles. The Labute approximate surface area is 410 Å². The van der Waals surface area contributed by atoms with E-state index in [1.807, 2.05) is 0 Å². The minimum atomic E-state index is -2.04.